The van der Waals surface area contributed by atoms with Gasteiger partial charge in [-0.15, -0.1) is 0 Å². The summed E-state index contributed by atoms with van der Waals surface area (Å²) >= 11 is 0. The Labute approximate surface area is 93.5 Å². The van der Waals surface area contributed by atoms with Crippen molar-refractivity contribution >= 4 is 0 Å². The van der Waals surface area contributed by atoms with Crippen LogP contribution in [0.1, 0.15) is 26.7 Å². The SMILES string of the molecule is COCCCOCCNCC1CC1(C)C. The summed E-state index contributed by atoms with van der Waals surface area (Å²) in [5, 5.41) is 3.44. The Kier molecular flexibility index (Phi) is 5.58. The first-order valence-corrected chi connectivity index (χ1v) is 5.94. The normalized spacial score (nSPS) is 23.0. The van der Waals surface area contributed by atoms with Crippen LogP contribution in [0.3, 0.4) is 0 Å². The van der Waals surface area contributed by atoms with Crippen LogP contribution in [0.15, 0.2) is 0 Å². The second-order valence-corrected chi connectivity index (χ2v) is 5.05. The van der Waals surface area contributed by atoms with Crippen LogP contribution in [0, 0.1) is 11.3 Å². The Morgan fingerprint density at radius 2 is 2.00 bits per heavy atom. The lowest BCUT2D eigenvalue weighted by Gasteiger charge is -2.07. The molecule has 0 aromatic carbocycles. The van der Waals surface area contributed by atoms with Gasteiger partial charge in [0, 0.05) is 26.9 Å². The van der Waals surface area contributed by atoms with Gasteiger partial charge in [0.05, 0.1) is 6.61 Å². The zero-order chi connectivity index (χ0) is 11.1. The molecule has 0 spiro atoms. The molecule has 0 heterocycles. The van der Waals surface area contributed by atoms with E-state index in [1.165, 1.54) is 6.42 Å². The van der Waals surface area contributed by atoms with E-state index >= 15 is 0 Å². The molecule has 0 radical (unpaired) electrons. The van der Waals surface area contributed by atoms with Crippen LogP contribution in [0.25, 0.3) is 0 Å². The van der Waals surface area contributed by atoms with Crippen molar-refractivity contribution in [3.63, 3.8) is 0 Å². The molecule has 0 bridgehead atoms. The van der Waals surface area contributed by atoms with Crippen molar-refractivity contribution < 1.29 is 9.47 Å². The molecule has 0 aromatic rings. The first-order chi connectivity index (χ1) is 7.17. The lowest BCUT2D eigenvalue weighted by Crippen LogP contribution is -2.23. The predicted octanol–water partition coefficient (Wildman–Crippen LogP) is 1.68. The molecule has 90 valence electrons. The van der Waals surface area contributed by atoms with Crippen molar-refractivity contribution in [2.75, 3.05) is 40.0 Å². The molecule has 3 heteroatoms. The van der Waals surface area contributed by atoms with Crippen molar-refractivity contribution in [1.29, 1.82) is 0 Å². The highest BCUT2D eigenvalue weighted by atomic mass is 16.5. The minimum atomic E-state index is 0.590. The maximum absolute atomic E-state index is 5.45. The fraction of sp³-hybridized carbons (Fsp3) is 1.00. The van der Waals surface area contributed by atoms with E-state index in [4.69, 9.17) is 9.47 Å². The molecule has 1 rings (SSSR count). The molecule has 1 unspecified atom stereocenters. The summed E-state index contributed by atoms with van der Waals surface area (Å²) in [6.45, 7) is 9.21. The van der Waals surface area contributed by atoms with Gasteiger partial charge in [-0.25, -0.2) is 0 Å². The van der Waals surface area contributed by atoms with Gasteiger partial charge in [0.15, 0.2) is 0 Å². The van der Waals surface area contributed by atoms with Gasteiger partial charge < -0.3 is 14.8 Å². The van der Waals surface area contributed by atoms with Gasteiger partial charge in [0.25, 0.3) is 0 Å². The van der Waals surface area contributed by atoms with Gasteiger partial charge in [-0.1, -0.05) is 13.8 Å². The Morgan fingerprint density at radius 1 is 1.27 bits per heavy atom. The maximum atomic E-state index is 5.45. The number of hydrogen-bond acceptors (Lipinski definition) is 3. The lowest BCUT2D eigenvalue weighted by atomic mass is 10.1. The number of nitrogens with one attached hydrogen (secondary N) is 1. The van der Waals surface area contributed by atoms with E-state index < -0.39 is 0 Å². The second-order valence-electron chi connectivity index (χ2n) is 5.05. The van der Waals surface area contributed by atoms with Crippen molar-refractivity contribution in [2.24, 2.45) is 11.3 Å². The van der Waals surface area contributed by atoms with Gasteiger partial charge in [-0.3, -0.25) is 0 Å². The van der Waals surface area contributed by atoms with Crippen LogP contribution >= 0.6 is 0 Å². The smallest absolute Gasteiger partial charge is 0.0590 e. The van der Waals surface area contributed by atoms with Crippen LogP contribution < -0.4 is 5.32 Å². The topological polar surface area (TPSA) is 30.5 Å². The molecule has 1 aliphatic rings. The van der Waals surface area contributed by atoms with Gasteiger partial charge in [-0.2, -0.15) is 0 Å². The van der Waals surface area contributed by atoms with Crippen molar-refractivity contribution in [2.45, 2.75) is 26.7 Å². The lowest BCUT2D eigenvalue weighted by molar-refractivity contribution is 0.104. The minimum Gasteiger partial charge on any atom is -0.385 e. The Balaban J connectivity index is 1.74. The molecule has 0 amide bonds. The summed E-state index contributed by atoms with van der Waals surface area (Å²) in [5.41, 5.74) is 0.590. The summed E-state index contributed by atoms with van der Waals surface area (Å²) in [4.78, 5) is 0. The third kappa shape index (κ3) is 5.50. The second kappa shape index (κ2) is 6.46. The van der Waals surface area contributed by atoms with E-state index in [9.17, 15) is 0 Å². The maximum Gasteiger partial charge on any atom is 0.0590 e. The molecule has 1 fully saturated rings. The molecule has 1 aliphatic carbocycles. The number of methoxy groups -OCH3 is 1. The van der Waals surface area contributed by atoms with Crippen LogP contribution in [-0.2, 0) is 9.47 Å². The quantitative estimate of drug-likeness (QED) is 0.594. The van der Waals surface area contributed by atoms with E-state index in [1.54, 1.807) is 7.11 Å². The van der Waals surface area contributed by atoms with Gasteiger partial charge in [0.1, 0.15) is 0 Å². The number of hydrogen-bond donors (Lipinski definition) is 1. The monoisotopic (exact) mass is 215 g/mol. The van der Waals surface area contributed by atoms with Crippen LogP contribution in [0.4, 0.5) is 0 Å². The summed E-state index contributed by atoms with van der Waals surface area (Å²) in [5.74, 6) is 0.881. The highest BCUT2D eigenvalue weighted by molar-refractivity contribution is 4.95. The molecule has 1 N–H and O–H groups in total. The highest BCUT2D eigenvalue weighted by Crippen LogP contribution is 2.50. The van der Waals surface area contributed by atoms with Crippen molar-refractivity contribution in [1.82, 2.24) is 5.32 Å². The summed E-state index contributed by atoms with van der Waals surface area (Å²) in [6.07, 6.45) is 2.36. The summed E-state index contributed by atoms with van der Waals surface area (Å²) in [7, 11) is 1.72. The first kappa shape index (κ1) is 12.9. The highest BCUT2D eigenvalue weighted by Gasteiger charge is 2.44. The van der Waals surface area contributed by atoms with E-state index in [1.807, 2.05) is 0 Å². The molecular formula is C12H25NO2. The average molecular weight is 215 g/mol. The Bertz CT molecular complexity index is 171. The summed E-state index contributed by atoms with van der Waals surface area (Å²) in [6, 6.07) is 0. The van der Waals surface area contributed by atoms with E-state index in [2.05, 4.69) is 19.2 Å². The third-order valence-corrected chi connectivity index (χ3v) is 3.17. The molecule has 0 aromatic heterocycles. The fourth-order valence-electron chi connectivity index (χ4n) is 1.75. The van der Waals surface area contributed by atoms with Gasteiger partial charge in [0.2, 0.25) is 0 Å². The molecule has 15 heavy (non-hydrogen) atoms. The zero-order valence-corrected chi connectivity index (χ0v) is 10.3. The van der Waals surface area contributed by atoms with Crippen LogP contribution in [0.5, 0.6) is 0 Å². The first-order valence-electron chi connectivity index (χ1n) is 5.94. The molecule has 3 nitrogen and oxygen atoms in total. The van der Waals surface area contributed by atoms with E-state index in [0.717, 1.165) is 45.2 Å². The number of ether oxygens (including phenoxy) is 2. The van der Waals surface area contributed by atoms with Crippen molar-refractivity contribution in [3.8, 4) is 0 Å². The minimum absolute atomic E-state index is 0.590. The van der Waals surface area contributed by atoms with Gasteiger partial charge in [-0.05, 0) is 30.7 Å². The largest absolute Gasteiger partial charge is 0.385 e. The van der Waals surface area contributed by atoms with E-state index in [0.29, 0.717) is 5.41 Å². The average Bonchev–Trinajstić information content (AvgIpc) is 2.79. The van der Waals surface area contributed by atoms with Gasteiger partial charge >= 0.3 is 0 Å². The molecule has 1 saturated carbocycles. The molecule has 0 saturated heterocycles. The fourth-order valence-corrected chi connectivity index (χ4v) is 1.75. The zero-order valence-electron chi connectivity index (χ0n) is 10.3. The summed E-state index contributed by atoms with van der Waals surface area (Å²) < 4.78 is 10.4. The van der Waals surface area contributed by atoms with Crippen LogP contribution in [-0.4, -0.2) is 40.0 Å². The predicted molar refractivity (Wildman–Crippen MR) is 62.1 cm³/mol. The van der Waals surface area contributed by atoms with Crippen molar-refractivity contribution in [3.05, 3.63) is 0 Å². The molecule has 1 atom stereocenters. The van der Waals surface area contributed by atoms with E-state index in [-0.39, 0.29) is 0 Å². The standard InChI is InChI=1S/C12H25NO2/c1-12(2)9-11(12)10-13-5-8-15-7-4-6-14-3/h11,13H,4-10H2,1-3H3. The molecule has 0 aliphatic heterocycles. The van der Waals surface area contributed by atoms with Crippen LogP contribution in [0.2, 0.25) is 0 Å². The molecular weight excluding hydrogens is 190 g/mol. The Morgan fingerprint density at radius 3 is 2.60 bits per heavy atom. The third-order valence-electron chi connectivity index (χ3n) is 3.17. The Hall–Kier alpha value is -0.120. The number of rotatable bonds is 9.